The third-order valence-corrected chi connectivity index (χ3v) is 5.82. The summed E-state index contributed by atoms with van der Waals surface area (Å²) >= 11 is 5.00. The number of likely N-dealkylation sites (N-methyl/N-ethyl adjacent to an activating group) is 1. The maximum absolute atomic E-state index is 13.2. The molecule has 6 heteroatoms. The fraction of sp³-hybridized carbons (Fsp3) is 0.714. The fourth-order valence-corrected chi connectivity index (χ4v) is 4.73. The number of thiophene rings is 1. The molecule has 3 unspecified atom stereocenters. The maximum Gasteiger partial charge on any atom is 0.392 e. The lowest BCUT2D eigenvalue weighted by Crippen LogP contribution is -2.45. The highest BCUT2D eigenvalue weighted by molar-refractivity contribution is 9.11. The van der Waals surface area contributed by atoms with Gasteiger partial charge in [0.25, 0.3) is 0 Å². The lowest BCUT2D eigenvalue weighted by molar-refractivity contribution is -0.199. The smallest absolute Gasteiger partial charge is 0.316 e. The van der Waals surface area contributed by atoms with Crippen molar-refractivity contribution in [2.45, 2.75) is 44.3 Å². The van der Waals surface area contributed by atoms with Gasteiger partial charge in [-0.05, 0) is 60.3 Å². The molecule has 0 aromatic carbocycles. The molecule has 3 atom stereocenters. The standard InChI is InChI=1S/C14H19BrF3NS/c1-19-12(8-9-6-7-13(15)20-9)10-4-2-3-5-11(10)14(16,17)18/h6-7,10-12,19H,2-5,8H2,1H3. The van der Waals surface area contributed by atoms with Crippen molar-refractivity contribution in [3.8, 4) is 0 Å². The molecule has 0 radical (unpaired) electrons. The van der Waals surface area contributed by atoms with Crippen LogP contribution in [0.5, 0.6) is 0 Å². The second-order valence-corrected chi connectivity index (χ2v) is 7.95. The molecule has 1 aromatic rings. The monoisotopic (exact) mass is 369 g/mol. The molecular weight excluding hydrogens is 351 g/mol. The van der Waals surface area contributed by atoms with Gasteiger partial charge in [-0.1, -0.05) is 12.8 Å². The average Bonchev–Trinajstić information content (AvgIpc) is 2.80. The second kappa shape index (κ2) is 6.79. The minimum Gasteiger partial charge on any atom is -0.316 e. The minimum absolute atomic E-state index is 0.104. The summed E-state index contributed by atoms with van der Waals surface area (Å²) in [5, 5.41) is 3.12. The zero-order chi connectivity index (χ0) is 14.8. The van der Waals surface area contributed by atoms with Crippen LogP contribution in [0.2, 0.25) is 0 Å². The van der Waals surface area contributed by atoms with Gasteiger partial charge in [0.05, 0.1) is 9.70 Å². The fourth-order valence-electron chi connectivity index (χ4n) is 3.19. The summed E-state index contributed by atoms with van der Waals surface area (Å²) in [7, 11) is 1.77. The Kier molecular flexibility index (Phi) is 5.54. The van der Waals surface area contributed by atoms with Crippen LogP contribution in [0.1, 0.15) is 30.6 Å². The molecule has 0 aliphatic heterocycles. The molecule has 0 spiro atoms. The molecule has 1 heterocycles. The van der Waals surface area contributed by atoms with Crippen molar-refractivity contribution < 1.29 is 13.2 Å². The predicted octanol–water partition coefficient (Wildman–Crippen LogP) is 5.01. The summed E-state index contributed by atoms with van der Waals surface area (Å²) in [4.78, 5) is 1.13. The first-order valence-corrected chi connectivity index (χ1v) is 8.51. The Morgan fingerprint density at radius 2 is 2.05 bits per heavy atom. The number of hydrogen-bond donors (Lipinski definition) is 1. The molecule has 20 heavy (non-hydrogen) atoms. The van der Waals surface area contributed by atoms with E-state index in [4.69, 9.17) is 0 Å². The van der Waals surface area contributed by atoms with Gasteiger partial charge in [-0.3, -0.25) is 0 Å². The van der Waals surface area contributed by atoms with Crippen LogP contribution >= 0.6 is 27.3 Å². The van der Waals surface area contributed by atoms with Gasteiger partial charge < -0.3 is 5.32 Å². The van der Waals surface area contributed by atoms with E-state index < -0.39 is 12.1 Å². The molecule has 1 aromatic heterocycles. The van der Waals surface area contributed by atoms with Gasteiger partial charge in [-0.15, -0.1) is 11.3 Å². The summed E-state index contributed by atoms with van der Waals surface area (Å²) in [6.45, 7) is 0. The van der Waals surface area contributed by atoms with Gasteiger partial charge >= 0.3 is 6.18 Å². The Balaban J connectivity index is 2.11. The van der Waals surface area contributed by atoms with Crippen molar-refractivity contribution in [3.63, 3.8) is 0 Å². The molecular formula is C14H19BrF3NS. The average molecular weight is 370 g/mol. The third kappa shape index (κ3) is 3.98. The van der Waals surface area contributed by atoms with Gasteiger partial charge in [-0.25, -0.2) is 0 Å². The van der Waals surface area contributed by atoms with E-state index in [0.29, 0.717) is 19.3 Å². The van der Waals surface area contributed by atoms with Crippen LogP contribution in [-0.2, 0) is 6.42 Å². The van der Waals surface area contributed by atoms with Gasteiger partial charge in [0.1, 0.15) is 0 Å². The van der Waals surface area contributed by atoms with E-state index in [1.54, 1.807) is 18.4 Å². The maximum atomic E-state index is 13.2. The Bertz CT molecular complexity index is 432. The molecule has 1 N–H and O–H groups in total. The number of nitrogens with one attached hydrogen (secondary N) is 1. The van der Waals surface area contributed by atoms with E-state index in [-0.39, 0.29) is 18.4 Å². The van der Waals surface area contributed by atoms with Gasteiger partial charge in [0.15, 0.2) is 0 Å². The van der Waals surface area contributed by atoms with Crippen LogP contribution in [0, 0.1) is 11.8 Å². The molecule has 114 valence electrons. The molecule has 1 saturated carbocycles. The van der Waals surface area contributed by atoms with Crippen LogP contribution in [0.25, 0.3) is 0 Å². The number of halogens is 4. The Hall–Kier alpha value is -0.0700. The molecule has 1 fully saturated rings. The first-order valence-electron chi connectivity index (χ1n) is 6.90. The molecule has 1 aliphatic rings. The van der Waals surface area contributed by atoms with E-state index >= 15 is 0 Å². The second-order valence-electron chi connectivity index (χ2n) is 5.40. The SMILES string of the molecule is CNC(Cc1ccc(Br)s1)C1CCCCC1C(F)(F)F. The topological polar surface area (TPSA) is 12.0 Å². The summed E-state index contributed by atoms with van der Waals surface area (Å²) in [5.41, 5.74) is 0. The molecule has 1 aliphatic carbocycles. The molecule has 0 saturated heterocycles. The number of alkyl halides is 3. The first kappa shape index (κ1) is 16.3. The van der Waals surface area contributed by atoms with E-state index in [1.165, 1.54) is 0 Å². The Morgan fingerprint density at radius 3 is 2.60 bits per heavy atom. The highest BCUT2D eigenvalue weighted by Crippen LogP contribution is 2.43. The Labute approximate surface area is 130 Å². The van der Waals surface area contributed by atoms with Crippen LogP contribution < -0.4 is 5.32 Å². The summed E-state index contributed by atoms with van der Waals surface area (Å²) in [5.74, 6) is -1.47. The Morgan fingerprint density at radius 1 is 1.35 bits per heavy atom. The van der Waals surface area contributed by atoms with Gasteiger partial charge in [-0.2, -0.15) is 13.2 Å². The van der Waals surface area contributed by atoms with Crippen molar-refractivity contribution in [3.05, 3.63) is 20.8 Å². The highest BCUT2D eigenvalue weighted by atomic mass is 79.9. The molecule has 1 nitrogen and oxygen atoms in total. The largest absolute Gasteiger partial charge is 0.392 e. The molecule has 0 amide bonds. The lowest BCUT2D eigenvalue weighted by Gasteiger charge is -2.38. The van der Waals surface area contributed by atoms with Crippen LogP contribution in [0.15, 0.2) is 15.9 Å². The van der Waals surface area contributed by atoms with Crippen molar-refractivity contribution in [2.24, 2.45) is 11.8 Å². The van der Waals surface area contributed by atoms with E-state index in [2.05, 4.69) is 21.2 Å². The summed E-state index contributed by atoms with van der Waals surface area (Å²) in [6, 6.07) is 3.84. The summed E-state index contributed by atoms with van der Waals surface area (Å²) in [6.07, 6.45) is -0.853. The number of rotatable bonds is 4. The van der Waals surface area contributed by atoms with Gasteiger partial charge in [0.2, 0.25) is 0 Å². The van der Waals surface area contributed by atoms with Crippen molar-refractivity contribution in [1.82, 2.24) is 5.32 Å². The lowest BCUT2D eigenvalue weighted by atomic mass is 9.74. The number of hydrogen-bond acceptors (Lipinski definition) is 2. The van der Waals surface area contributed by atoms with E-state index in [0.717, 1.165) is 15.1 Å². The third-order valence-electron chi connectivity index (χ3n) is 4.18. The normalized spacial score (nSPS) is 25.6. The minimum atomic E-state index is -4.07. The quantitative estimate of drug-likeness (QED) is 0.786. The van der Waals surface area contributed by atoms with Crippen molar-refractivity contribution in [1.29, 1.82) is 0 Å². The van der Waals surface area contributed by atoms with Crippen LogP contribution in [0.3, 0.4) is 0 Å². The zero-order valence-electron chi connectivity index (χ0n) is 11.3. The van der Waals surface area contributed by atoms with Crippen molar-refractivity contribution >= 4 is 27.3 Å². The van der Waals surface area contributed by atoms with Crippen LogP contribution in [0.4, 0.5) is 13.2 Å². The van der Waals surface area contributed by atoms with Crippen LogP contribution in [-0.4, -0.2) is 19.3 Å². The molecule has 2 rings (SSSR count). The predicted molar refractivity (Wildman–Crippen MR) is 80.1 cm³/mol. The molecule has 0 bridgehead atoms. The highest BCUT2D eigenvalue weighted by Gasteiger charge is 2.47. The van der Waals surface area contributed by atoms with Gasteiger partial charge in [0, 0.05) is 10.9 Å². The summed E-state index contributed by atoms with van der Waals surface area (Å²) < 4.78 is 40.6. The van der Waals surface area contributed by atoms with E-state index in [1.807, 2.05) is 12.1 Å². The zero-order valence-corrected chi connectivity index (χ0v) is 13.7. The van der Waals surface area contributed by atoms with E-state index in [9.17, 15) is 13.2 Å². The first-order chi connectivity index (χ1) is 9.41. The van der Waals surface area contributed by atoms with Crippen molar-refractivity contribution in [2.75, 3.05) is 7.05 Å².